The van der Waals surface area contributed by atoms with Crippen LogP contribution < -0.4 is 11.2 Å². The van der Waals surface area contributed by atoms with Crippen LogP contribution in [0.25, 0.3) is 0 Å². The van der Waals surface area contributed by atoms with Crippen LogP contribution in [0.5, 0.6) is 0 Å². The zero-order valence-electron chi connectivity index (χ0n) is 15.4. The van der Waals surface area contributed by atoms with Crippen LogP contribution in [-0.4, -0.2) is 53.0 Å². The normalized spacial score (nSPS) is 28.2. The van der Waals surface area contributed by atoms with Crippen LogP contribution in [0, 0.1) is 11.7 Å². The number of hydrogen-bond donors (Lipinski definition) is 6. The van der Waals surface area contributed by atoms with Gasteiger partial charge in [-0.3, -0.25) is 18.9 Å². The monoisotopic (exact) mass is 514 g/mol. The Bertz CT molecular complexity index is 1080. The van der Waals surface area contributed by atoms with E-state index in [1.807, 2.05) is 0 Å². The average molecular weight is 514 g/mol. The smallest absolute Gasteiger partial charge is 0.393 e. The number of H-pyrrole nitrogens is 1. The number of aliphatic hydroxyl groups excluding tert-OH is 1. The molecule has 1 aromatic rings. The maximum Gasteiger partial charge on any atom is 0.490 e. The van der Waals surface area contributed by atoms with Crippen molar-refractivity contribution < 1.29 is 60.6 Å². The summed E-state index contributed by atoms with van der Waals surface area (Å²) in [6.07, 6.45) is -0.745. The van der Waals surface area contributed by atoms with Gasteiger partial charge in [0.25, 0.3) is 5.56 Å². The summed E-state index contributed by atoms with van der Waals surface area (Å²) >= 11 is 0. The third-order valence-electron chi connectivity index (χ3n) is 4.21. The summed E-state index contributed by atoms with van der Waals surface area (Å²) in [5.41, 5.74) is -4.11. The molecule has 178 valence electrons. The maximum absolute atomic E-state index is 13.5. The van der Waals surface area contributed by atoms with Crippen molar-refractivity contribution in [2.24, 2.45) is 5.92 Å². The highest BCUT2D eigenvalue weighted by Crippen LogP contribution is 2.66. The number of nitrogens with one attached hydrogen (secondary N) is 1. The molecule has 5 atom stereocenters. The highest BCUT2D eigenvalue weighted by molar-refractivity contribution is 7.66. The number of ether oxygens (including phenoxy) is 1. The molecule has 31 heavy (non-hydrogen) atoms. The molecule has 0 saturated carbocycles. The summed E-state index contributed by atoms with van der Waals surface area (Å²) in [5, 5.41) is 9.73. The minimum Gasteiger partial charge on any atom is -0.393 e. The van der Waals surface area contributed by atoms with Crippen molar-refractivity contribution in [3.05, 3.63) is 32.9 Å². The number of phosphoric ester groups is 1. The molecular weight excluding hydrogens is 496 g/mol. The summed E-state index contributed by atoms with van der Waals surface area (Å²) in [6, 6.07) is 0. The molecule has 1 aromatic heterocycles. The molecular formula is C11H18FN2O14P3. The lowest BCUT2D eigenvalue weighted by Gasteiger charge is -2.31. The molecule has 0 spiro atoms. The summed E-state index contributed by atoms with van der Waals surface area (Å²) in [4.78, 5) is 60.5. The third kappa shape index (κ3) is 6.71. The molecule has 0 radical (unpaired) electrons. The van der Waals surface area contributed by atoms with Crippen LogP contribution >= 0.6 is 23.5 Å². The van der Waals surface area contributed by atoms with Crippen LogP contribution in [0.4, 0.5) is 4.39 Å². The average Bonchev–Trinajstić information content (AvgIpc) is 2.90. The predicted octanol–water partition coefficient (Wildman–Crippen LogP) is -0.695. The standard InChI is InChI=1S/C11H18FN2O14P3/c1-6-2-8(14-3-7(12)9(16)13-10(14)17)26-11(6,4-15)5-25-30(21,22)28-31(23,24)27-29(18,19)20/h3,6,8,15H,2,4-5H2,1H3,(H,21,22)(H,23,24)(H,13,16,17)(H2,18,19,20). The molecule has 5 unspecified atom stereocenters. The van der Waals surface area contributed by atoms with Gasteiger partial charge in [-0.05, 0) is 12.3 Å². The fourth-order valence-electron chi connectivity index (χ4n) is 2.71. The predicted molar refractivity (Wildman–Crippen MR) is 94.8 cm³/mol. The van der Waals surface area contributed by atoms with Gasteiger partial charge in [0, 0.05) is 0 Å². The van der Waals surface area contributed by atoms with Crippen LogP contribution in [-0.2, 0) is 31.6 Å². The number of aliphatic hydroxyl groups is 1. The number of phosphoric acid groups is 3. The number of aromatic nitrogens is 2. The Morgan fingerprint density at radius 1 is 1.23 bits per heavy atom. The Morgan fingerprint density at radius 3 is 2.39 bits per heavy atom. The Hall–Kier alpha value is -1.06. The van der Waals surface area contributed by atoms with E-state index in [1.54, 1.807) is 4.98 Å². The molecule has 2 rings (SSSR count). The van der Waals surface area contributed by atoms with Gasteiger partial charge in [0.15, 0.2) is 0 Å². The van der Waals surface area contributed by atoms with Crippen molar-refractivity contribution in [3.63, 3.8) is 0 Å². The topological polar surface area (TPSA) is 244 Å². The van der Waals surface area contributed by atoms with Gasteiger partial charge >= 0.3 is 29.2 Å². The van der Waals surface area contributed by atoms with Gasteiger partial charge in [0.05, 0.1) is 19.4 Å². The Balaban J connectivity index is 2.18. The second-order valence-corrected chi connectivity index (χ2v) is 10.9. The molecule has 1 fully saturated rings. The zero-order valence-corrected chi connectivity index (χ0v) is 18.1. The van der Waals surface area contributed by atoms with E-state index in [4.69, 9.17) is 19.4 Å². The van der Waals surface area contributed by atoms with Crippen LogP contribution in [0.15, 0.2) is 15.8 Å². The van der Waals surface area contributed by atoms with E-state index in [0.717, 1.165) is 0 Å². The van der Waals surface area contributed by atoms with Crippen molar-refractivity contribution in [3.8, 4) is 0 Å². The van der Waals surface area contributed by atoms with E-state index < -0.39 is 71.5 Å². The first-order valence-electron chi connectivity index (χ1n) is 8.07. The van der Waals surface area contributed by atoms with Crippen molar-refractivity contribution in [1.29, 1.82) is 0 Å². The minimum absolute atomic E-state index is 0.0638. The van der Waals surface area contributed by atoms with Crippen LogP contribution in [0.1, 0.15) is 19.6 Å². The molecule has 6 N–H and O–H groups in total. The fraction of sp³-hybridized carbons (Fsp3) is 0.636. The lowest BCUT2D eigenvalue weighted by atomic mass is 9.90. The fourth-order valence-corrected chi connectivity index (χ4v) is 5.78. The van der Waals surface area contributed by atoms with E-state index in [1.165, 1.54) is 6.92 Å². The van der Waals surface area contributed by atoms with Gasteiger partial charge in [-0.15, -0.1) is 0 Å². The van der Waals surface area contributed by atoms with Gasteiger partial charge < -0.3 is 29.4 Å². The van der Waals surface area contributed by atoms with E-state index in [9.17, 15) is 37.7 Å². The minimum atomic E-state index is -5.74. The van der Waals surface area contributed by atoms with E-state index >= 15 is 0 Å². The molecule has 1 saturated heterocycles. The molecule has 20 heteroatoms. The number of rotatable bonds is 9. The lowest BCUT2D eigenvalue weighted by molar-refractivity contribution is -0.132. The lowest BCUT2D eigenvalue weighted by Crippen LogP contribution is -2.43. The van der Waals surface area contributed by atoms with Crippen LogP contribution in [0.2, 0.25) is 0 Å². The van der Waals surface area contributed by atoms with Gasteiger partial charge in [-0.1, -0.05) is 6.92 Å². The molecule has 0 bridgehead atoms. The third-order valence-corrected chi connectivity index (χ3v) is 8.00. The maximum atomic E-state index is 13.5. The SMILES string of the molecule is CC1CC(n2cc(F)c(=O)[nH]c2=O)OC1(CO)COP(=O)(O)OP(=O)(O)OP(=O)(O)O. The summed E-state index contributed by atoms with van der Waals surface area (Å²) in [7, 11) is -16.8. The largest absolute Gasteiger partial charge is 0.490 e. The van der Waals surface area contributed by atoms with Crippen molar-refractivity contribution in [1.82, 2.24) is 9.55 Å². The quantitative estimate of drug-likeness (QED) is 0.223. The summed E-state index contributed by atoms with van der Waals surface area (Å²) < 4.78 is 65.2. The number of hydrogen-bond acceptors (Lipinski definition) is 10. The van der Waals surface area contributed by atoms with Gasteiger partial charge in [-0.25, -0.2) is 18.5 Å². The second-order valence-electron chi connectivity index (χ2n) is 6.44. The summed E-state index contributed by atoms with van der Waals surface area (Å²) in [6.45, 7) is -0.393. The van der Waals surface area contributed by atoms with Gasteiger partial charge in [-0.2, -0.15) is 13.0 Å². The Labute approximate surface area is 171 Å². The highest BCUT2D eigenvalue weighted by atomic mass is 31.3. The van der Waals surface area contributed by atoms with E-state index in [2.05, 4.69) is 13.1 Å². The van der Waals surface area contributed by atoms with E-state index in [-0.39, 0.29) is 6.42 Å². The van der Waals surface area contributed by atoms with Crippen molar-refractivity contribution in [2.45, 2.75) is 25.2 Å². The molecule has 2 heterocycles. The first kappa shape index (κ1) is 26.2. The first-order chi connectivity index (χ1) is 14.0. The molecule has 16 nitrogen and oxygen atoms in total. The van der Waals surface area contributed by atoms with Gasteiger partial charge in [0.1, 0.15) is 11.8 Å². The van der Waals surface area contributed by atoms with Crippen molar-refractivity contribution >= 4 is 23.5 Å². The van der Waals surface area contributed by atoms with Crippen LogP contribution in [0.3, 0.4) is 0 Å². The van der Waals surface area contributed by atoms with Crippen molar-refractivity contribution in [2.75, 3.05) is 13.2 Å². The van der Waals surface area contributed by atoms with Gasteiger partial charge in [0.2, 0.25) is 5.82 Å². The summed E-state index contributed by atoms with van der Waals surface area (Å²) in [5.74, 6) is -2.03. The Morgan fingerprint density at radius 2 is 1.84 bits per heavy atom. The molecule has 0 aliphatic carbocycles. The second kappa shape index (κ2) is 9.06. The van der Waals surface area contributed by atoms with E-state index in [0.29, 0.717) is 10.8 Å². The zero-order chi connectivity index (χ0) is 23.8. The highest BCUT2D eigenvalue weighted by Gasteiger charge is 2.50. The molecule has 0 aromatic carbocycles. The Kier molecular flexibility index (Phi) is 7.65. The number of halogens is 1. The number of nitrogens with zero attached hydrogens (tertiary/aromatic N) is 1. The first-order valence-corrected chi connectivity index (χ1v) is 12.6. The molecule has 1 aliphatic heterocycles. The molecule has 0 amide bonds. The number of aromatic amines is 1. The molecule has 1 aliphatic rings.